The van der Waals surface area contributed by atoms with Crippen molar-refractivity contribution < 1.29 is 9.53 Å². The zero-order valence-corrected chi connectivity index (χ0v) is 6.35. The summed E-state index contributed by atoms with van der Waals surface area (Å²) in [6.07, 6.45) is 0. The smallest absolute Gasteiger partial charge is 0.357 e. The Morgan fingerprint density at radius 2 is 2.70 bits per heavy atom. The van der Waals surface area contributed by atoms with Gasteiger partial charge in [-0.15, -0.1) is 11.3 Å². The summed E-state index contributed by atoms with van der Waals surface area (Å²) in [6, 6.07) is 0. The van der Waals surface area contributed by atoms with Gasteiger partial charge in [-0.1, -0.05) is 0 Å². The van der Waals surface area contributed by atoms with Crippen LogP contribution in [0.1, 0.15) is 17.4 Å². The van der Waals surface area contributed by atoms with Crippen LogP contribution in [0.4, 0.5) is 0 Å². The average molecular weight is 157 g/mol. The van der Waals surface area contributed by atoms with Gasteiger partial charge in [0.25, 0.3) is 0 Å². The van der Waals surface area contributed by atoms with Gasteiger partial charge in [0.05, 0.1) is 12.1 Å². The zero-order chi connectivity index (χ0) is 7.40. The second-order valence-electron chi connectivity index (χ2n) is 1.59. The third-order valence-corrected chi connectivity index (χ3v) is 1.50. The Hall–Kier alpha value is -0.900. The Bertz CT molecular complexity index is 208. The standard InChI is InChI=1S/C6H7NO2S/c1-2-9-6(8)5-3-10-4-7-5/h3-4H,2H2,1H3. The molecule has 0 saturated carbocycles. The highest BCUT2D eigenvalue weighted by molar-refractivity contribution is 7.07. The molecule has 0 aromatic carbocycles. The number of nitrogens with zero attached hydrogens (tertiary/aromatic N) is 1. The minimum atomic E-state index is -0.344. The second-order valence-corrected chi connectivity index (χ2v) is 2.31. The van der Waals surface area contributed by atoms with Crippen molar-refractivity contribution in [1.82, 2.24) is 4.98 Å². The maximum atomic E-state index is 10.8. The lowest BCUT2D eigenvalue weighted by atomic mass is 10.5. The highest BCUT2D eigenvalue weighted by Gasteiger charge is 2.06. The number of carbonyl (C=O) groups is 1. The van der Waals surface area contributed by atoms with E-state index in [9.17, 15) is 4.79 Å². The molecule has 0 saturated heterocycles. The molecule has 0 fully saturated rings. The quantitative estimate of drug-likeness (QED) is 0.608. The van der Waals surface area contributed by atoms with Gasteiger partial charge in [-0.3, -0.25) is 0 Å². The van der Waals surface area contributed by atoms with Crippen molar-refractivity contribution in [1.29, 1.82) is 0 Å². The Morgan fingerprint density at radius 3 is 3.20 bits per heavy atom. The van der Waals surface area contributed by atoms with Crippen LogP contribution in [0.15, 0.2) is 10.9 Å². The largest absolute Gasteiger partial charge is 0.461 e. The molecule has 0 N–H and O–H groups in total. The van der Waals surface area contributed by atoms with Gasteiger partial charge in [-0.05, 0) is 6.92 Å². The normalized spacial score (nSPS) is 9.30. The second kappa shape index (κ2) is 3.31. The Kier molecular flexibility index (Phi) is 2.39. The summed E-state index contributed by atoms with van der Waals surface area (Å²) < 4.78 is 4.69. The summed E-state index contributed by atoms with van der Waals surface area (Å²) in [4.78, 5) is 14.6. The summed E-state index contributed by atoms with van der Waals surface area (Å²) in [7, 11) is 0. The van der Waals surface area contributed by atoms with E-state index < -0.39 is 0 Å². The Labute approximate surface area is 62.7 Å². The number of hydrogen-bond donors (Lipinski definition) is 0. The molecule has 0 radical (unpaired) electrons. The van der Waals surface area contributed by atoms with Gasteiger partial charge in [0, 0.05) is 5.38 Å². The van der Waals surface area contributed by atoms with Gasteiger partial charge in [-0.25, -0.2) is 9.78 Å². The molecule has 3 nitrogen and oxygen atoms in total. The van der Waals surface area contributed by atoms with Crippen LogP contribution in [-0.4, -0.2) is 17.6 Å². The van der Waals surface area contributed by atoms with Gasteiger partial charge in [-0.2, -0.15) is 0 Å². The fourth-order valence-corrected chi connectivity index (χ4v) is 1.04. The Balaban J connectivity index is 2.59. The molecule has 54 valence electrons. The molecule has 0 aliphatic heterocycles. The van der Waals surface area contributed by atoms with Gasteiger partial charge in [0.1, 0.15) is 0 Å². The SMILES string of the molecule is CCOC(=O)c1cscn1. The summed E-state index contributed by atoms with van der Waals surface area (Å²) in [6.45, 7) is 2.17. The molecule has 1 heterocycles. The molecule has 0 aliphatic carbocycles. The summed E-state index contributed by atoms with van der Waals surface area (Å²) >= 11 is 1.38. The summed E-state index contributed by atoms with van der Waals surface area (Å²) in [5.41, 5.74) is 2.00. The van der Waals surface area contributed by atoms with Crippen molar-refractivity contribution in [2.24, 2.45) is 0 Å². The molecule has 0 spiro atoms. The first-order valence-corrected chi connectivity index (χ1v) is 3.84. The summed E-state index contributed by atoms with van der Waals surface area (Å²) in [5, 5.41) is 1.66. The van der Waals surface area contributed by atoms with Crippen molar-refractivity contribution in [3.63, 3.8) is 0 Å². The van der Waals surface area contributed by atoms with Gasteiger partial charge in [0.15, 0.2) is 5.69 Å². The molecule has 10 heavy (non-hydrogen) atoms. The van der Waals surface area contributed by atoms with E-state index in [-0.39, 0.29) is 5.97 Å². The van der Waals surface area contributed by atoms with Crippen molar-refractivity contribution in [3.8, 4) is 0 Å². The van der Waals surface area contributed by atoms with Crippen molar-refractivity contribution in [2.45, 2.75) is 6.92 Å². The van der Waals surface area contributed by atoms with E-state index in [2.05, 4.69) is 4.98 Å². The van der Waals surface area contributed by atoms with Crippen LogP contribution in [0, 0.1) is 0 Å². The van der Waals surface area contributed by atoms with E-state index in [0.717, 1.165) is 0 Å². The molecule has 0 amide bonds. The molecule has 0 unspecified atom stereocenters. The van der Waals surface area contributed by atoms with E-state index in [1.165, 1.54) is 11.3 Å². The molecular weight excluding hydrogens is 150 g/mol. The van der Waals surface area contributed by atoms with Gasteiger partial charge < -0.3 is 4.74 Å². The van der Waals surface area contributed by atoms with Crippen LogP contribution in [0.5, 0.6) is 0 Å². The fraction of sp³-hybridized carbons (Fsp3) is 0.333. The number of carbonyl (C=O) groups excluding carboxylic acids is 1. The van der Waals surface area contributed by atoms with Crippen molar-refractivity contribution in [3.05, 3.63) is 16.6 Å². The van der Waals surface area contributed by atoms with Crippen LogP contribution in [0.3, 0.4) is 0 Å². The minimum absolute atomic E-state index is 0.344. The van der Waals surface area contributed by atoms with E-state index in [1.54, 1.807) is 17.8 Å². The molecule has 1 aromatic heterocycles. The van der Waals surface area contributed by atoms with Crippen LogP contribution in [-0.2, 0) is 4.74 Å². The molecule has 4 heteroatoms. The maximum Gasteiger partial charge on any atom is 0.357 e. The predicted octanol–water partition coefficient (Wildman–Crippen LogP) is 1.32. The lowest BCUT2D eigenvalue weighted by Gasteiger charge is -1.94. The number of hydrogen-bond acceptors (Lipinski definition) is 4. The lowest BCUT2D eigenvalue weighted by Crippen LogP contribution is -2.04. The third-order valence-electron chi connectivity index (χ3n) is 0.917. The van der Waals surface area contributed by atoms with E-state index in [4.69, 9.17) is 4.74 Å². The summed E-state index contributed by atoms with van der Waals surface area (Å²) in [5.74, 6) is -0.344. The molecule has 0 aliphatic rings. The van der Waals surface area contributed by atoms with Crippen molar-refractivity contribution >= 4 is 17.3 Å². The maximum absolute atomic E-state index is 10.8. The van der Waals surface area contributed by atoms with E-state index in [0.29, 0.717) is 12.3 Å². The molecule has 0 bridgehead atoms. The molecular formula is C6H7NO2S. The van der Waals surface area contributed by atoms with E-state index >= 15 is 0 Å². The first-order chi connectivity index (χ1) is 4.84. The molecule has 1 rings (SSSR count). The topological polar surface area (TPSA) is 39.2 Å². The number of ether oxygens (including phenoxy) is 1. The van der Waals surface area contributed by atoms with Gasteiger partial charge >= 0.3 is 5.97 Å². The van der Waals surface area contributed by atoms with Crippen LogP contribution < -0.4 is 0 Å². The lowest BCUT2D eigenvalue weighted by molar-refractivity contribution is 0.0520. The highest BCUT2D eigenvalue weighted by Crippen LogP contribution is 2.01. The first kappa shape index (κ1) is 7.21. The first-order valence-electron chi connectivity index (χ1n) is 2.90. The highest BCUT2D eigenvalue weighted by atomic mass is 32.1. The zero-order valence-electron chi connectivity index (χ0n) is 5.53. The Morgan fingerprint density at radius 1 is 1.90 bits per heavy atom. The number of aromatic nitrogens is 1. The third kappa shape index (κ3) is 1.54. The van der Waals surface area contributed by atoms with Gasteiger partial charge in [0.2, 0.25) is 0 Å². The van der Waals surface area contributed by atoms with Crippen molar-refractivity contribution in [2.75, 3.05) is 6.61 Å². The fourth-order valence-electron chi connectivity index (χ4n) is 0.518. The molecule has 1 aromatic rings. The van der Waals surface area contributed by atoms with Crippen LogP contribution in [0.2, 0.25) is 0 Å². The number of esters is 1. The van der Waals surface area contributed by atoms with Crippen LogP contribution in [0.25, 0.3) is 0 Å². The monoisotopic (exact) mass is 157 g/mol. The van der Waals surface area contributed by atoms with E-state index in [1.807, 2.05) is 0 Å². The average Bonchev–Trinajstić information content (AvgIpc) is 2.38. The van der Waals surface area contributed by atoms with Crippen LogP contribution >= 0.6 is 11.3 Å². The molecule has 0 atom stereocenters. The number of rotatable bonds is 2. The number of thiazole rings is 1. The predicted molar refractivity (Wildman–Crippen MR) is 38.1 cm³/mol. The minimum Gasteiger partial charge on any atom is -0.461 e.